The fourth-order valence-electron chi connectivity index (χ4n) is 10.5. The summed E-state index contributed by atoms with van der Waals surface area (Å²) in [5.41, 5.74) is 21.0. The van der Waals surface area contributed by atoms with Gasteiger partial charge in [0.1, 0.15) is 0 Å². The van der Waals surface area contributed by atoms with Crippen molar-refractivity contribution < 1.29 is 0 Å². The van der Waals surface area contributed by atoms with Gasteiger partial charge < -0.3 is 9.80 Å². The summed E-state index contributed by atoms with van der Waals surface area (Å²) in [7, 11) is 0. The van der Waals surface area contributed by atoms with Crippen LogP contribution in [0.1, 0.15) is 33.4 Å². The predicted octanol–water partition coefficient (Wildman–Crippen LogP) is 19.2. The maximum Gasteiger partial charge on any atom is 0.0991 e. The van der Waals surface area contributed by atoms with E-state index in [1.807, 2.05) is 24.3 Å². The van der Waals surface area contributed by atoms with E-state index in [1.165, 1.54) is 33.0 Å². The molecule has 0 fully saturated rings. The lowest BCUT2D eigenvalue weighted by atomic mass is 9.91. The Balaban J connectivity index is 1.10. The van der Waals surface area contributed by atoms with Gasteiger partial charge >= 0.3 is 0 Å². The van der Waals surface area contributed by atoms with E-state index in [2.05, 4.69) is 256 Å². The number of hydrogen-bond acceptors (Lipinski definition) is 4. The zero-order valence-electron chi connectivity index (χ0n) is 41.7. The molecular weight excluding hydrogens is 897 g/mol. The van der Waals surface area contributed by atoms with E-state index >= 15 is 0 Å². The van der Waals surface area contributed by atoms with Crippen molar-refractivity contribution in [1.82, 2.24) is 0 Å². The van der Waals surface area contributed by atoms with Crippen LogP contribution < -0.4 is 9.80 Å². The Labute approximate surface area is 432 Å². The summed E-state index contributed by atoms with van der Waals surface area (Å²) in [6, 6.07) is 87.4. The lowest BCUT2D eigenvalue weighted by molar-refractivity contribution is 1.29. The number of rotatable bonds is 10. The van der Waals surface area contributed by atoms with Crippen LogP contribution in [0.2, 0.25) is 0 Å². The highest BCUT2D eigenvalue weighted by Gasteiger charge is 2.24. The maximum atomic E-state index is 9.96. The molecule has 0 aromatic heterocycles. The summed E-state index contributed by atoms with van der Waals surface area (Å²) >= 11 is 0. The van der Waals surface area contributed by atoms with Crippen LogP contribution in [0.25, 0.3) is 76.8 Å². The number of benzene rings is 12. The molecule has 12 aromatic carbocycles. The molecule has 12 aromatic rings. The second kappa shape index (κ2) is 18.8. The molecular formula is C70H50N4. The first-order valence-corrected chi connectivity index (χ1v) is 25.1. The van der Waals surface area contributed by atoms with Gasteiger partial charge in [0.05, 0.1) is 34.6 Å². The Bertz CT molecular complexity index is 3740. The molecule has 4 nitrogen and oxygen atoms in total. The van der Waals surface area contributed by atoms with E-state index in [0.29, 0.717) is 11.1 Å². The quantitative estimate of drug-likeness (QED) is 0.128. The normalized spacial score (nSPS) is 11.2. The van der Waals surface area contributed by atoms with Crippen molar-refractivity contribution in [3.63, 3.8) is 0 Å². The van der Waals surface area contributed by atoms with Gasteiger partial charge in [-0.2, -0.15) is 10.5 Å². The molecule has 0 N–H and O–H groups in total. The smallest absolute Gasteiger partial charge is 0.0991 e. The van der Waals surface area contributed by atoms with Gasteiger partial charge in [-0.25, -0.2) is 0 Å². The van der Waals surface area contributed by atoms with Crippen molar-refractivity contribution in [2.45, 2.75) is 27.7 Å². The van der Waals surface area contributed by atoms with Gasteiger partial charge in [-0.05, 0) is 191 Å². The Hall–Kier alpha value is -9.74. The van der Waals surface area contributed by atoms with Crippen molar-refractivity contribution in [1.29, 1.82) is 10.5 Å². The Morgan fingerprint density at radius 3 is 0.838 bits per heavy atom. The number of hydrogen-bond donors (Lipinski definition) is 0. The van der Waals surface area contributed by atoms with Gasteiger partial charge in [0.25, 0.3) is 0 Å². The first-order chi connectivity index (χ1) is 36.2. The van der Waals surface area contributed by atoms with Crippen LogP contribution >= 0.6 is 0 Å². The molecule has 0 aliphatic carbocycles. The first kappa shape index (κ1) is 45.4. The van der Waals surface area contributed by atoms with Crippen molar-refractivity contribution >= 4 is 66.4 Å². The fraction of sp³-hybridized carbons (Fsp3) is 0.0571. The minimum absolute atomic E-state index is 0.604. The van der Waals surface area contributed by atoms with Gasteiger partial charge in [-0.15, -0.1) is 0 Å². The highest BCUT2D eigenvalue weighted by Crippen LogP contribution is 2.49. The van der Waals surface area contributed by atoms with Gasteiger partial charge in [0.15, 0.2) is 0 Å². The predicted molar refractivity (Wildman–Crippen MR) is 310 cm³/mol. The molecule has 0 saturated carbocycles. The third kappa shape index (κ3) is 8.45. The molecule has 350 valence electrons. The number of nitrogens with zero attached hydrogens (tertiary/aromatic N) is 4. The van der Waals surface area contributed by atoms with E-state index in [4.69, 9.17) is 0 Å². The van der Waals surface area contributed by atoms with Gasteiger partial charge in [0, 0.05) is 33.5 Å². The summed E-state index contributed by atoms with van der Waals surface area (Å²) in [6.45, 7) is 8.49. The average Bonchev–Trinajstić information content (AvgIpc) is 3.44. The third-order valence-corrected chi connectivity index (χ3v) is 14.5. The largest absolute Gasteiger partial charge is 0.310 e. The molecule has 0 bridgehead atoms. The molecule has 0 spiro atoms. The van der Waals surface area contributed by atoms with Crippen LogP contribution in [0.3, 0.4) is 0 Å². The SMILES string of the molecule is Cc1ccc(-c2cc(-c3ccc(C)cc3)cc(N(c3ccc(C#N)cc3)c3ccc4ccc5c(N(c6ccc(C#N)cc6)c6cc(-c7ccc(C)cc7)cc(-c7ccc(C)cc7)c6)ccc6ccc3c4c65)c2)cc1. The van der Waals surface area contributed by atoms with E-state index in [1.54, 1.807) is 0 Å². The van der Waals surface area contributed by atoms with E-state index in [9.17, 15) is 10.5 Å². The maximum absolute atomic E-state index is 9.96. The molecule has 0 heterocycles. The van der Waals surface area contributed by atoms with Gasteiger partial charge in [-0.3, -0.25) is 0 Å². The topological polar surface area (TPSA) is 54.1 Å². The molecule has 0 aliphatic heterocycles. The molecule has 0 unspecified atom stereocenters. The van der Waals surface area contributed by atoms with E-state index in [-0.39, 0.29) is 0 Å². The zero-order chi connectivity index (χ0) is 50.5. The van der Waals surface area contributed by atoms with Crippen molar-refractivity contribution in [2.24, 2.45) is 0 Å². The zero-order valence-corrected chi connectivity index (χ0v) is 41.7. The minimum Gasteiger partial charge on any atom is -0.310 e. The summed E-state index contributed by atoms with van der Waals surface area (Å²) in [5.74, 6) is 0. The van der Waals surface area contributed by atoms with E-state index in [0.717, 1.165) is 100 Å². The van der Waals surface area contributed by atoms with Crippen LogP contribution in [-0.2, 0) is 0 Å². The van der Waals surface area contributed by atoms with Crippen LogP contribution in [0.5, 0.6) is 0 Å². The minimum atomic E-state index is 0.604. The molecule has 0 aliphatic rings. The third-order valence-electron chi connectivity index (χ3n) is 14.5. The number of aryl methyl sites for hydroxylation is 4. The lowest BCUT2D eigenvalue weighted by Gasteiger charge is -2.30. The summed E-state index contributed by atoms with van der Waals surface area (Å²) in [5, 5.41) is 26.7. The molecule has 4 heteroatoms. The van der Waals surface area contributed by atoms with Crippen LogP contribution in [0.15, 0.2) is 231 Å². The lowest BCUT2D eigenvalue weighted by Crippen LogP contribution is -2.12. The van der Waals surface area contributed by atoms with Gasteiger partial charge in [0.2, 0.25) is 0 Å². The molecule has 0 amide bonds. The first-order valence-electron chi connectivity index (χ1n) is 25.1. The van der Waals surface area contributed by atoms with Gasteiger partial charge in [-0.1, -0.05) is 156 Å². The fourth-order valence-corrected chi connectivity index (χ4v) is 10.5. The second-order valence-corrected chi connectivity index (χ2v) is 19.6. The number of nitriles is 2. The summed E-state index contributed by atoms with van der Waals surface area (Å²) in [6.07, 6.45) is 0. The van der Waals surface area contributed by atoms with Crippen molar-refractivity contribution in [2.75, 3.05) is 9.80 Å². The average molecular weight is 947 g/mol. The van der Waals surface area contributed by atoms with Crippen LogP contribution in [-0.4, -0.2) is 0 Å². The molecule has 74 heavy (non-hydrogen) atoms. The molecule has 0 radical (unpaired) electrons. The Morgan fingerprint density at radius 1 is 0.270 bits per heavy atom. The molecule has 0 saturated heterocycles. The van der Waals surface area contributed by atoms with E-state index < -0.39 is 0 Å². The Kier molecular flexibility index (Phi) is 11.5. The Morgan fingerprint density at radius 2 is 0.554 bits per heavy atom. The molecule has 0 atom stereocenters. The van der Waals surface area contributed by atoms with Crippen molar-refractivity contribution in [3.8, 4) is 56.6 Å². The summed E-state index contributed by atoms with van der Waals surface area (Å²) in [4.78, 5) is 4.71. The highest BCUT2D eigenvalue weighted by atomic mass is 15.1. The summed E-state index contributed by atoms with van der Waals surface area (Å²) < 4.78 is 0. The highest BCUT2D eigenvalue weighted by molar-refractivity contribution is 6.28. The standard InChI is InChI=1S/C70H50N4/c1-45-5-17-51(18-6-45)57-37-58(52-19-7-46(2)8-20-52)40-63(39-57)73(61-29-13-49(43-71)14-30-61)67-35-27-55-26-34-66-68(36-28-56-25-33-65(67)69(55)70(56)66)74(62-31-15-50(44-72)16-32-62)64-41-59(53-21-9-47(3)10-22-53)38-60(42-64)54-23-11-48(4)12-24-54/h5-42H,1-4H3. The van der Waals surface area contributed by atoms with Crippen LogP contribution in [0, 0.1) is 50.4 Å². The monoisotopic (exact) mass is 946 g/mol. The van der Waals surface area contributed by atoms with Crippen LogP contribution in [0.4, 0.5) is 34.1 Å². The molecule has 12 rings (SSSR count). The van der Waals surface area contributed by atoms with Crippen molar-refractivity contribution in [3.05, 3.63) is 264 Å². The second-order valence-electron chi connectivity index (χ2n) is 19.6. The number of anilines is 6.